The molecule has 2 N–H and O–H groups in total. The first-order valence-electron chi connectivity index (χ1n) is 8.18. The van der Waals surface area contributed by atoms with Gasteiger partial charge in [-0.15, -0.1) is 0 Å². The van der Waals surface area contributed by atoms with Gasteiger partial charge in [0.25, 0.3) is 0 Å². The molecule has 3 rings (SSSR count). The molecule has 1 unspecified atom stereocenters. The molecule has 0 saturated heterocycles. The maximum atomic E-state index is 6.49. The maximum Gasteiger partial charge on any atom is 0.0484 e. The van der Waals surface area contributed by atoms with Crippen LogP contribution in [0.15, 0.2) is 36.4 Å². The van der Waals surface area contributed by atoms with Crippen molar-refractivity contribution in [1.82, 2.24) is 0 Å². The van der Waals surface area contributed by atoms with E-state index in [0.29, 0.717) is 0 Å². The lowest BCUT2D eigenvalue weighted by Crippen LogP contribution is -2.14. The highest BCUT2D eigenvalue weighted by Gasteiger charge is 2.17. The van der Waals surface area contributed by atoms with Crippen LogP contribution in [-0.2, 0) is 0 Å². The molecule has 0 heterocycles. The summed E-state index contributed by atoms with van der Waals surface area (Å²) in [5.74, 6) is 0.892. The molecule has 1 fully saturated rings. The molecule has 0 radical (unpaired) electrons. The zero-order chi connectivity index (χ0) is 14.7. The van der Waals surface area contributed by atoms with E-state index < -0.39 is 0 Å². The molecule has 2 heteroatoms. The van der Waals surface area contributed by atoms with Gasteiger partial charge in [0.1, 0.15) is 0 Å². The zero-order valence-corrected chi connectivity index (χ0v) is 13.3. The largest absolute Gasteiger partial charge is 0.324 e. The van der Waals surface area contributed by atoms with Gasteiger partial charge >= 0.3 is 0 Å². The maximum absolute atomic E-state index is 6.49. The molecule has 112 valence electrons. The quantitative estimate of drug-likeness (QED) is 0.752. The molecule has 1 aliphatic rings. The minimum atomic E-state index is 0.120. The van der Waals surface area contributed by atoms with Crippen molar-refractivity contribution in [3.05, 3.63) is 47.0 Å². The van der Waals surface area contributed by atoms with Crippen LogP contribution in [0.4, 0.5) is 0 Å². The summed E-state index contributed by atoms with van der Waals surface area (Å²) in [6.45, 7) is 0. The predicted octanol–water partition coefficient (Wildman–Crippen LogP) is 5.85. The minimum Gasteiger partial charge on any atom is -0.324 e. The second kappa shape index (κ2) is 6.81. The van der Waals surface area contributed by atoms with Gasteiger partial charge in [-0.3, -0.25) is 0 Å². The van der Waals surface area contributed by atoms with Crippen LogP contribution >= 0.6 is 11.6 Å². The number of nitrogens with two attached hydrogens (primary N) is 1. The molecule has 1 saturated carbocycles. The number of rotatable bonds is 4. The van der Waals surface area contributed by atoms with E-state index in [4.69, 9.17) is 17.3 Å². The molecule has 0 aliphatic heterocycles. The molecule has 21 heavy (non-hydrogen) atoms. The van der Waals surface area contributed by atoms with E-state index in [2.05, 4.69) is 24.3 Å². The average molecular weight is 302 g/mol. The molecule has 0 amide bonds. The van der Waals surface area contributed by atoms with E-state index in [-0.39, 0.29) is 6.04 Å². The highest BCUT2D eigenvalue weighted by molar-refractivity contribution is 6.35. The fourth-order valence-corrected chi connectivity index (χ4v) is 3.88. The highest BCUT2D eigenvalue weighted by atomic mass is 35.5. The summed E-state index contributed by atoms with van der Waals surface area (Å²) < 4.78 is 0. The Balaban J connectivity index is 1.75. The zero-order valence-electron chi connectivity index (χ0n) is 12.5. The van der Waals surface area contributed by atoms with Gasteiger partial charge in [0.2, 0.25) is 0 Å². The highest BCUT2D eigenvalue weighted by Crippen LogP contribution is 2.33. The van der Waals surface area contributed by atoms with Crippen LogP contribution in [0.5, 0.6) is 0 Å². The van der Waals surface area contributed by atoms with Gasteiger partial charge in [-0.2, -0.15) is 0 Å². The van der Waals surface area contributed by atoms with Gasteiger partial charge in [-0.05, 0) is 35.8 Å². The third kappa shape index (κ3) is 3.41. The topological polar surface area (TPSA) is 26.0 Å². The molecule has 0 bridgehead atoms. The molecule has 2 aromatic rings. The Morgan fingerprint density at radius 2 is 1.71 bits per heavy atom. The van der Waals surface area contributed by atoms with Crippen LogP contribution < -0.4 is 5.73 Å². The molecule has 2 aromatic carbocycles. The first kappa shape index (κ1) is 14.9. The van der Waals surface area contributed by atoms with E-state index in [1.807, 2.05) is 12.1 Å². The van der Waals surface area contributed by atoms with Crippen LogP contribution in [0.3, 0.4) is 0 Å². The van der Waals surface area contributed by atoms with Gasteiger partial charge in [-0.25, -0.2) is 0 Å². The van der Waals surface area contributed by atoms with E-state index >= 15 is 0 Å². The van der Waals surface area contributed by atoms with E-state index in [9.17, 15) is 0 Å². The smallest absolute Gasteiger partial charge is 0.0484 e. The van der Waals surface area contributed by atoms with Crippen LogP contribution in [0, 0.1) is 5.92 Å². The van der Waals surface area contributed by atoms with Gasteiger partial charge in [-0.1, -0.05) is 74.0 Å². The Hall–Kier alpha value is -1.05. The third-order valence-electron chi connectivity index (χ3n) is 4.91. The number of fused-ring (bicyclic) bond motifs is 1. The molecular formula is C19H24ClN. The summed E-state index contributed by atoms with van der Waals surface area (Å²) in [6, 6.07) is 12.5. The second-order valence-corrected chi connectivity index (χ2v) is 6.78. The van der Waals surface area contributed by atoms with Crippen LogP contribution in [0.2, 0.25) is 5.02 Å². The standard InChI is InChI=1S/C19H24ClN/c20-18-12-11-17(15-8-4-5-9-16(15)18)19(21)13-10-14-6-2-1-3-7-14/h4-5,8-9,11-12,14,19H,1-3,6-7,10,13,21H2. The first-order chi connectivity index (χ1) is 10.3. The van der Waals surface area contributed by atoms with Gasteiger partial charge in [0.15, 0.2) is 0 Å². The first-order valence-corrected chi connectivity index (χ1v) is 8.56. The lowest BCUT2D eigenvalue weighted by atomic mass is 9.84. The normalized spacial score (nSPS) is 18.0. The van der Waals surface area contributed by atoms with E-state index in [1.54, 1.807) is 0 Å². The summed E-state index contributed by atoms with van der Waals surface area (Å²) in [7, 11) is 0. The molecular weight excluding hydrogens is 278 g/mol. The summed E-state index contributed by atoms with van der Waals surface area (Å²) in [5, 5.41) is 3.14. The van der Waals surface area contributed by atoms with Gasteiger partial charge < -0.3 is 5.73 Å². The lowest BCUT2D eigenvalue weighted by molar-refractivity contribution is 0.324. The molecule has 0 spiro atoms. The fraction of sp³-hybridized carbons (Fsp3) is 0.474. The molecule has 1 atom stereocenters. The van der Waals surface area contributed by atoms with Crippen LogP contribution in [0.25, 0.3) is 10.8 Å². The molecule has 1 nitrogen and oxygen atoms in total. The fourth-order valence-electron chi connectivity index (χ4n) is 3.66. The SMILES string of the molecule is NC(CCC1CCCCC1)c1ccc(Cl)c2ccccc12. The molecule has 0 aromatic heterocycles. The Morgan fingerprint density at radius 3 is 2.48 bits per heavy atom. The van der Waals surface area contributed by atoms with Crippen molar-refractivity contribution in [1.29, 1.82) is 0 Å². The average Bonchev–Trinajstić information content (AvgIpc) is 2.54. The monoisotopic (exact) mass is 301 g/mol. The van der Waals surface area contributed by atoms with E-state index in [1.165, 1.54) is 49.5 Å². The summed E-state index contributed by atoms with van der Waals surface area (Å²) in [5.41, 5.74) is 7.73. The van der Waals surface area contributed by atoms with Crippen molar-refractivity contribution in [3.63, 3.8) is 0 Å². The Kier molecular flexibility index (Phi) is 4.82. The summed E-state index contributed by atoms with van der Waals surface area (Å²) >= 11 is 6.29. The minimum absolute atomic E-state index is 0.120. The Morgan fingerprint density at radius 1 is 1.00 bits per heavy atom. The Labute approximate surface area is 132 Å². The van der Waals surface area contributed by atoms with Crippen molar-refractivity contribution in [3.8, 4) is 0 Å². The van der Waals surface area contributed by atoms with Crippen LogP contribution in [0.1, 0.15) is 56.6 Å². The van der Waals surface area contributed by atoms with Crippen molar-refractivity contribution in [2.75, 3.05) is 0 Å². The second-order valence-electron chi connectivity index (χ2n) is 6.37. The van der Waals surface area contributed by atoms with Crippen molar-refractivity contribution in [2.24, 2.45) is 11.7 Å². The van der Waals surface area contributed by atoms with Gasteiger partial charge in [0.05, 0.1) is 0 Å². The third-order valence-corrected chi connectivity index (χ3v) is 5.24. The number of halogens is 1. The predicted molar refractivity (Wildman–Crippen MR) is 91.7 cm³/mol. The number of hydrogen-bond acceptors (Lipinski definition) is 1. The lowest BCUT2D eigenvalue weighted by Gasteiger charge is -2.23. The van der Waals surface area contributed by atoms with Crippen molar-refractivity contribution in [2.45, 2.75) is 51.0 Å². The summed E-state index contributed by atoms with van der Waals surface area (Å²) in [4.78, 5) is 0. The van der Waals surface area contributed by atoms with E-state index in [0.717, 1.165) is 22.7 Å². The number of hydrogen-bond donors (Lipinski definition) is 1. The summed E-state index contributed by atoms with van der Waals surface area (Å²) in [6.07, 6.45) is 9.37. The van der Waals surface area contributed by atoms with Gasteiger partial charge in [0, 0.05) is 16.5 Å². The Bertz CT molecular complexity index is 602. The van der Waals surface area contributed by atoms with Crippen LogP contribution in [-0.4, -0.2) is 0 Å². The molecule has 1 aliphatic carbocycles. The van der Waals surface area contributed by atoms with Crippen molar-refractivity contribution >= 4 is 22.4 Å². The van der Waals surface area contributed by atoms with Crippen molar-refractivity contribution < 1.29 is 0 Å². The number of benzene rings is 2.